The van der Waals surface area contributed by atoms with Gasteiger partial charge in [-0.2, -0.15) is 0 Å². The van der Waals surface area contributed by atoms with Crippen molar-refractivity contribution >= 4 is 17.5 Å². The molecule has 2 amide bonds. The number of likely N-dealkylation sites (tertiary alicyclic amines) is 1. The zero-order valence-corrected chi connectivity index (χ0v) is 13.2. The maximum Gasteiger partial charge on any atom is 0.233 e. The van der Waals surface area contributed by atoms with Crippen molar-refractivity contribution in [2.45, 2.75) is 32.1 Å². The van der Waals surface area contributed by atoms with Crippen LogP contribution < -0.4 is 14.8 Å². The van der Waals surface area contributed by atoms with Crippen LogP contribution >= 0.6 is 0 Å². The van der Waals surface area contributed by atoms with Crippen LogP contribution in [0.2, 0.25) is 0 Å². The van der Waals surface area contributed by atoms with E-state index < -0.39 is 0 Å². The molecule has 1 N–H and O–H groups in total. The molecule has 0 spiro atoms. The highest BCUT2D eigenvalue weighted by molar-refractivity contribution is 6.03. The van der Waals surface area contributed by atoms with E-state index in [0.717, 1.165) is 38.8 Å². The first-order valence-electron chi connectivity index (χ1n) is 8.20. The Hall–Kier alpha value is -2.24. The van der Waals surface area contributed by atoms with Crippen molar-refractivity contribution in [2.24, 2.45) is 0 Å². The predicted octanol–water partition coefficient (Wildman–Crippen LogP) is 2.19. The highest BCUT2D eigenvalue weighted by atomic mass is 16.6. The van der Waals surface area contributed by atoms with Gasteiger partial charge in [0.1, 0.15) is 19.6 Å². The largest absolute Gasteiger partial charge is 0.486 e. The van der Waals surface area contributed by atoms with Gasteiger partial charge < -0.3 is 19.7 Å². The lowest BCUT2D eigenvalue weighted by Gasteiger charge is -2.20. The lowest BCUT2D eigenvalue weighted by Crippen LogP contribution is -2.34. The van der Waals surface area contributed by atoms with Crippen molar-refractivity contribution in [1.29, 1.82) is 0 Å². The molecular weight excluding hydrogens is 296 g/mol. The van der Waals surface area contributed by atoms with Crippen LogP contribution in [0.1, 0.15) is 32.1 Å². The number of anilines is 1. The fourth-order valence-corrected chi connectivity index (χ4v) is 2.90. The number of fused-ring (bicyclic) bond motifs is 1. The third-order valence-corrected chi connectivity index (χ3v) is 4.10. The third kappa shape index (κ3) is 4.15. The van der Waals surface area contributed by atoms with Crippen LogP contribution in [0.25, 0.3) is 0 Å². The van der Waals surface area contributed by atoms with Gasteiger partial charge in [-0.1, -0.05) is 12.8 Å². The van der Waals surface area contributed by atoms with Crippen molar-refractivity contribution in [3.05, 3.63) is 18.2 Å². The summed E-state index contributed by atoms with van der Waals surface area (Å²) in [6.07, 6.45) is 4.25. The molecule has 2 heterocycles. The highest BCUT2D eigenvalue weighted by Gasteiger charge is 2.19. The standard InChI is InChI=1S/C17H22N2O4/c20-16(12-17(21)19-7-3-1-2-4-8-19)18-13-5-6-14-15(11-13)23-10-9-22-14/h5-6,11H,1-4,7-10,12H2,(H,18,20). The van der Waals surface area contributed by atoms with Crippen LogP contribution in [0.3, 0.4) is 0 Å². The summed E-state index contributed by atoms with van der Waals surface area (Å²) >= 11 is 0. The van der Waals surface area contributed by atoms with E-state index in [2.05, 4.69) is 5.32 Å². The minimum absolute atomic E-state index is 0.0954. The molecule has 0 unspecified atom stereocenters. The number of hydrogen-bond acceptors (Lipinski definition) is 4. The molecule has 0 bridgehead atoms. The summed E-state index contributed by atoms with van der Waals surface area (Å²) in [5.74, 6) is 0.903. The molecule has 1 saturated heterocycles. The van der Waals surface area contributed by atoms with E-state index in [9.17, 15) is 9.59 Å². The average Bonchev–Trinajstić information content (AvgIpc) is 2.84. The summed E-state index contributed by atoms with van der Waals surface area (Å²) in [5, 5.41) is 2.76. The van der Waals surface area contributed by atoms with Crippen LogP contribution in [0.5, 0.6) is 11.5 Å². The van der Waals surface area contributed by atoms with Crippen molar-refractivity contribution in [3.63, 3.8) is 0 Å². The number of hydrogen-bond donors (Lipinski definition) is 1. The molecule has 1 aromatic carbocycles. The third-order valence-electron chi connectivity index (χ3n) is 4.10. The first kappa shape index (κ1) is 15.6. The summed E-state index contributed by atoms with van der Waals surface area (Å²) < 4.78 is 10.9. The summed E-state index contributed by atoms with van der Waals surface area (Å²) in [4.78, 5) is 26.1. The highest BCUT2D eigenvalue weighted by Crippen LogP contribution is 2.32. The number of carbonyl (C=O) groups is 2. The summed E-state index contributed by atoms with van der Waals surface area (Å²) in [6, 6.07) is 5.24. The number of amides is 2. The fraction of sp³-hybridized carbons (Fsp3) is 0.529. The topological polar surface area (TPSA) is 67.9 Å². The molecule has 0 saturated carbocycles. The van der Waals surface area contributed by atoms with Gasteiger partial charge in [0.25, 0.3) is 0 Å². The summed E-state index contributed by atoms with van der Waals surface area (Å²) in [7, 11) is 0. The van der Waals surface area contributed by atoms with Crippen LogP contribution in [0.15, 0.2) is 18.2 Å². The Morgan fingerprint density at radius 2 is 1.70 bits per heavy atom. The number of rotatable bonds is 3. The monoisotopic (exact) mass is 318 g/mol. The Balaban J connectivity index is 1.55. The van der Waals surface area contributed by atoms with Crippen LogP contribution in [0, 0.1) is 0 Å². The second kappa shape index (κ2) is 7.35. The molecule has 0 radical (unpaired) electrons. The Bertz CT molecular complexity index is 580. The van der Waals surface area contributed by atoms with Gasteiger partial charge in [-0.25, -0.2) is 0 Å². The van der Waals surface area contributed by atoms with Crippen molar-refractivity contribution in [2.75, 3.05) is 31.6 Å². The molecule has 0 aromatic heterocycles. The smallest absolute Gasteiger partial charge is 0.233 e. The SMILES string of the molecule is O=C(CC(=O)N1CCCCCC1)Nc1ccc2c(c1)OCCO2. The quantitative estimate of drug-likeness (QED) is 0.868. The van der Waals surface area contributed by atoms with Crippen LogP contribution in [-0.2, 0) is 9.59 Å². The summed E-state index contributed by atoms with van der Waals surface area (Å²) in [5.41, 5.74) is 0.614. The van der Waals surface area contributed by atoms with E-state index in [1.54, 1.807) is 23.1 Å². The number of ether oxygens (including phenoxy) is 2. The first-order valence-corrected chi connectivity index (χ1v) is 8.20. The lowest BCUT2D eigenvalue weighted by molar-refractivity contribution is -0.134. The minimum Gasteiger partial charge on any atom is -0.486 e. The molecule has 0 atom stereocenters. The Labute approximate surface area is 135 Å². The number of nitrogens with zero attached hydrogens (tertiary/aromatic N) is 1. The number of nitrogens with one attached hydrogen (secondary N) is 1. The Morgan fingerprint density at radius 3 is 2.43 bits per heavy atom. The van der Waals surface area contributed by atoms with E-state index >= 15 is 0 Å². The molecule has 1 aromatic rings. The van der Waals surface area contributed by atoms with Gasteiger partial charge in [0, 0.05) is 24.8 Å². The zero-order valence-electron chi connectivity index (χ0n) is 13.2. The van der Waals surface area contributed by atoms with Crippen LogP contribution in [-0.4, -0.2) is 43.0 Å². The van der Waals surface area contributed by atoms with Gasteiger partial charge in [0.2, 0.25) is 11.8 Å². The van der Waals surface area contributed by atoms with E-state index in [-0.39, 0.29) is 18.2 Å². The first-order chi connectivity index (χ1) is 11.2. The van der Waals surface area contributed by atoms with E-state index in [0.29, 0.717) is 30.4 Å². The lowest BCUT2D eigenvalue weighted by atomic mass is 10.2. The van der Waals surface area contributed by atoms with E-state index in [1.807, 2.05) is 0 Å². The second-order valence-corrected chi connectivity index (χ2v) is 5.88. The van der Waals surface area contributed by atoms with Crippen molar-refractivity contribution in [1.82, 2.24) is 4.90 Å². The maximum absolute atomic E-state index is 12.2. The molecule has 23 heavy (non-hydrogen) atoms. The van der Waals surface area contributed by atoms with Gasteiger partial charge in [-0.3, -0.25) is 9.59 Å². The second-order valence-electron chi connectivity index (χ2n) is 5.88. The normalized spacial score (nSPS) is 17.3. The maximum atomic E-state index is 12.2. The molecular formula is C17H22N2O4. The molecule has 6 heteroatoms. The molecule has 2 aliphatic rings. The van der Waals surface area contributed by atoms with E-state index in [1.165, 1.54) is 0 Å². The van der Waals surface area contributed by atoms with E-state index in [4.69, 9.17) is 9.47 Å². The Morgan fingerprint density at radius 1 is 1.00 bits per heavy atom. The molecule has 0 aliphatic carbocycles. The average molecular weight is 318 g/mol. The number of benzene rings is 1. The summed E-state index contributed by atoms with van der Waals surface area (Å²) in [6.45, 7) is 2.55. The van der Waals surface area contributed by atoms with Gasteiger partial charge in [-0.15, -0.1) is 0 Å². The van der Waals surface area contributed by atoms with Gasteiger partial charge in [0.05, 0.1) is 0 Å². The zero-order chi connectivity index (χ0) is 16.1. The van der Waals surface area contributed by atoms with Gasteiger partial charge >= 0.3 is 0 Å². The van der Waals surface area contributed by atoms with Crippen molar-refractivity contribution < 1.29 is 19.1 Å². The molecule has 6 nitrogen and oxygen atoms in total. The van der Waals surface area contributed by atoms with Crippen molar-refractivity contribution in [3.8, 4) is 11.5 Å². The molecule has 124 valence electrons. The molecule has 1 fully saturated rings. The molecule has 3 rings (SSSR count). The van der Waals surface area contributed by atoms with Gasteiger partial charge in [-0.05, 0) is 25.0 Å². The Kier molecular flexibility index (Phi) is 5.00. The number of carbonyl (C=O) groups excluding carboxylic acids is 2. The van der Waals surface area contributed by atoms with Gasteiger partial charge in [0.15, 0.2) is 11.5 Å². The fourth-order valence-electron chi connectivity index (χ4n) is 2.90. The predicted molar refractivity (Wildman–Crippen MR) is 85.7 cm³/mol. The van der Waals surface area contributed by atoms with Crippen LogP contribution in [0.4, 0.5) is 5.69 Å². The molecule has 2 aliphatic heterocycles. The minimum atomic E-state index is -0.295.